The van der Waals surface area contributed by atoms with E-state index in [4.69, 9.17) is 22.1 Å². The standard InChI is InChI=1S/C21H22ClF7N4O2/c1-4-35-18(34)16-14(22)9-32-17(33-16)12(7-30)8-31-15-10(2)5-13(6-11(15)3)19(23,20(24,25)26)21(27,28)29/h5-6,8,31H,4,7,9,30H2,1-3H3,(H,32,33)/b12-8+. The second-order valence-electron chi connectivity index (χ2n) is 7.45. The van der Waals surface area contributed by atoms with E-state index in [1.54, 1.807) is 6.92 Å². The molecule has 1 aromatic rings. The first-order valence-electron chi connectivity index (χ1n) is 10.1. The monoisotopic (exact) mass is 530 g/mol. The highest BCUT2D eigenvalue weighted by Gasteiger charge is 2.73. The van der Waals surface area contributed by atoms with Crippen LogP contribution in [0.25, 0.3) is 0 Å². The Bertz CT molecular complexity index is 1040. The van der Waals surface area contributed by atoms with E-state index in [0.29, 0.717) is 17.7 Å². The number of ether oxygens (including phenoxy) is 1. The Balaban J connectivity index is 2.39. The summed E-state index contributed by atoms with van der Waals surface area (Å²) in [7, 11) is 0. The fourth-order valence-corrected chi connectivity index (χ4v) is 3.45. The number of alkyl halides is 7. The van der Waals surface area contributed by atoms with Crippen LogP contribution in [-0.4, -0.2) is 43.9 Å². The lowest BCUT2D eigenvalue weighted by Gasteiger charge is -2.31. The number of benzene rings is 1. The summed E-state index contributed by atoms with van der Waals surface area (Å²) in [6.45, 7) is 3.96. The van der Waals surface area contributed by atoms with E-state index < -0.39 is 29.6 Å². The predicted molar refractivity (Wildman–Crippen MR) is 117 cm³/mol. The number of aliphatic imine (C=N–C) groups is 1. The highest BCUT2D eigenvalue weighted by Crippen LogP contribution is 2.53. The molecule has 1 heterocycles. The highest BCUT2D eigenvalue weighted by molar-refractivity contribution is 6.32. The smallest absolute Gasteiger partial charge is 0.435 e. The van der Waals surface area contributed by atoms with Crippen LogP contribution in [0.4, 0.5) is 36.4 Å². The molecule has 0 saturated heterocycles. The van der Waals surface area contributed by atoms with Crippen molar-refractivity contribution in [1.82, 2.24) is 5.32 Å². The van der Waals surface area contributed by atoms with Crippen LogP contribution in [0.2, 0.25) is 0 Å². The summed E-state index contributed by atoms with van der Waals surface area (Å²) in [4.78, 5) is 16.2. The fourth-order valence-electron chi connectivity index (χ4n) is 3.26. The molecular formula is C21H22ClF7N4O2. The van der Waals surface area contributed by atoms with Gasteiger partial charge in [-0.2, -0.15) is 26.3 Å². The van der Waals surface area contributed by atoms with Gasteiger partial charge in [-0.25, -0.2) is 9.18 Å². The van der Waals surface area contributed by atoms with Gasteiger partial charge in [-0.3, -0.25) is 4.99 Å². The summed E-state index contributed by atoms with van der Waals surface area (Å²) in [6.07, 6.45) is -11.1. The van der Waals surface area contributed by atoms with Gasteiger partial charge in [0, 0.05) is 29.6 Å². The predicted octanol–water partition coefficient (Wildman–Crippen LogP) is 4.86. The number of amidine groups is 1. The van der Waals surface area contributed by atoms with Gasteiger partial charge < -0.3 is 21.1 Å². The van der Waals surface area contributed by atoms with E-state index in [2.05, 4.69) is 15.6 Å². The molecule has 2 rings (SSSR count). The quantitative estimate of drug-likeness (QED) is 0.346. The third-order valence-electron chi connectivity index (χ3n) is 5.00. The van der Waals surface area contributed by atoms with Gasteiger partial charge in [-0.05, 0) is 31.9 Å². The average Bonchev–Trinajstić information content (AvgIpc) is 2.74. The molecule has 0 aliphatic carbocycles. The van der Waals surface area contributed by atoms with E-state index in [0.717, 1.165) is 0 Å². The van der Waals surface area contributed by atoms with E-state index in [9.17, 15) is 35.5 Å². The maximum atomic E-state index is 14.5. The number of rotatable bonds is 7. The normalized spacial score (nSPS) is 15.5. The minimum absolute atomic E-state index is 0.0480. The molecule has 6 nitrogen and oxygen atoms in total. The van der Waals surface area contributed by atoms with Crippen molar-refractivity contribution >= 4 is 29.1 Å². The lowest BCUT2D eigenvalue weighted by molar-refractivity contribution is -0.348. The SMILES string of the molecule is CCOC(=O)C1=C(Cl)CN=C(/C(=C/Nc2c(C)cc(C(F)(C(F)(F)F)C(F)(F)F)cc2C)CN)N1. The number of esters is 1. The molecule has 14 heteroatoms. The second-order valence-corrected chi connectivity index (χ2v) is 7.90. The zero-order chi connectivity index (χ0) is 26.8. The van der Waals surface area contributed by atoms with Crippen LogP contribution in [0.3, 0.4) is 0 Å². The van der Waals surface area contributed by atoms with Crippen LogP contribution in [0.5, 0.6) is 0 Å². The molecule has 4 N–H and O–H groups in total. The van der Waals surface area contributed by atoms with Crippen molar-refractivity contribution in [2.75, 3.05) is 25.0 Å². The van der Waals surface area contributed by atoms with Crippen molar-refractivity contribution < 1.29 is 40.3 Å². The topological polar surface area (TPSA) is 88.7 Å². The van der Waals surface area contributed by atoms with Gasteiger partial charge in [0.15, 0.2) is 0 Å². The minimum Gasteiger partial charge on any atom is -0.461 e. The summed E-state index contributed by atoms with van der Waals surface area (Å²) >= 11 is 6.01. The molecule has 0 amide bonds. The van der Waals surface area contributed by atoms with Gasteiger partial charge in [-0.15, -0.1) is 0 Å². The minimum atomic E-state index is -6.22. The van der Waals surface area contributed by atoms with Gasteiger partial charge in [-0.1, -0.05) is 23.7 Å². The number of hydrogen-bond donors (Lipinski definition) is 3. The molecule has 0 atom stereocenters. The molecule has 35 heavy (non-hydrogen) atoms. The van der Waals surface area contributed by atoms with E-state index in [-0.39, 0.29) is 53.1 Å². The lowest BCUT2D eigenvalue weighted by Crippen LogP contribution is -2.50. The fraction of sp³-hybridized carbons (Fsp3) is 0.429. The second kappa shape index (κ2) is 10.4. The molecule has 0 radical (unpaired) electrons. The van der Waals surface area contributed by atoms with E-state index in [1.165, 1.54) is 20.0 Å². The zero-order valence-electron chi connectivity index (χ0n) is 18.7. The number of halogens is 8. The number of hydrogen-bond acceptors (Lipinski definition) is 6. The molecule has 1 aliphatic rings. The van der Waals surface area contributed by atoms with Gasteiger partial charge in [0.25, 0.3) is 0 Å². The van der Waals surface area contributed by atoms with Crippen molar-refractivity contribution in [1.29, 1.82) is 0 Å². The third-order valence-corrected chi connectivity index (χ3v) is 5.31. The Morgan fingerprint density at radius 2 is 1.71 bits per heavy atom. The lowest BCUT2D eigenvalue weighted by atomic mass is 9.90. The number of nitrogens with zero attached hydrogens (tertiary/aromatic N) is 1. The Labute approximate surface area is 201 Å². The number of anilines is 1. The molecule has 0 fully saturated rings. The van der Waals surface area contributed by atoms with E-state index in [1.807, 2.05) is 0 Å². The molecule has 0 unspecified atom stereocenters. The van der Waals surface area contributed by atoms with Crippen molar-refractivity contribution in [3.8, 4) is 0 Å². The van der Waals surface area contributed by atoms with Crippen LogP contribution in [0.1, 0.15) is 23.6 Å². The van der Waals surface area contributed by atoms with Crippen LogP contribution < -0.4 is 16.4 Å². The molecule has 0 spiro atoms. The van der Waals surface area contributed by atoms with Gasteiger partial charge in [0.2, 0.25) is 0 Å². The maximum Gasteiger partial charge on any atom is 0.435 e. The van der Waals surface area contributed by atoms with Gasteiger partial charge in [0.05, 0.1) is 18.2 Å². The number of carbonyl (C=O) groups excluding carboxylic acids is 1. The number of nitrogens with one attached hydrogen (secondary N) is 2. The molecule has 0 aromatic heterocycles. The van der Waals surface area contributed by atoms with E-state index >= 15 is 0 Å². The maximum absolute atomic E-state index is 14.5. The van der Waals surface area contributed by atoms with Gasteiger partial charge >= 0.3 is 24.0 Å². The molecule has 1 aromatic carbocycles. The Morgan fingerprint density at radius 3 is 2.17 bits per heavy atom. The largest absolute Gasteiger partial charge is 0.461 e. The number of carbonyl (C=O) groups is 1. The van der Waals surface area contributed by atoms with Crippen molar-refractivity contribution in [2.24, 2.45) is 10.7 Å². The summed E-state index contributed by atoms with van der Waals surface area (Å²) < 4.78 is 98.1. The number of nitrogens with two attached hydrogens (primary N) is 1. The summed E-state index contributed by atoms with van der Waals surface area (Å²) in [5, 5.41) is 5.55. The summed E-state index contributed by atoms with van der Waals surface area (Å²) in [5.41, 5.74) is -1.18. The van der Waals surface area contributed by atoms with Gasteiger partial charge in [0.1, 0.15) is 11.5 Å². The van der Waals surface area contributed by atoms with Crippen LogP contribution in [0.15, 0.2) is 39.6 Å². The van der Waals surface area contributed by atoms with Crippen LogP contribution in [-0.2, 0) is 15.2 Å². The Morgan fingerprint density at radius 1 is 1.17 bits per heavy atom. The van der Waals surface area contributed by atoms with Crippen molar-refractivity contribution in [3.63, 3.8) is 0 Å². The highest BCUT2D eigenvalue weighted by atomic mass is 35.5. The zero-order valence-corrected chi connectivity index (χ0v) is 19.5. The van der Waals surface area contributed by atoms with Crippen LogP contribution >= 0.6 is 11.6 Å². The molecule has 194 valence electrons. The summed E-state index contributed by atoms with van der Waals surface area (Å²) in [5.74, 6) is -0.572. The van der Waals surface area contributed by atoms with Crippen molar-refractivity contribution in [3.05, 3.63) is 51.3 Å². The Kier molecular flexibility index (Phi) is 8.48. The first-order chi connectivity index (χ1) is 16.1. The summed E-state index contributed by atoms with van der Waals surface area (Å²) in [6, 6.07) is 0.952. The molecular weight excluding hydrogens is 509 g/mol. The third kappa shape index (κ3) is 5.72. The number of aryl methyl sites for hydroxylation is 2. The van der Waals surface area contributed by atoms with Crippen molar-refractivity contribution in [2.45, 2.75) is 38.8 Å². The van der Waals surface area contributed by atoms with Crippen LogP contribution in [0, 0.1) is 13.8 Å². The molecule has 0 saturated carbocycles. The molecule has 1 aliphatic heterocycles. The average molecular weight is 531 g/mol. The Hall–Kier alpha value is -2.80. The molecule has 0 bridgehead atoms. The first-order valence-corrected chi connectivity index (χ1v) is 10.4. The first kappa shape index (κ1) is 28.4.